The minimum Gasteiger partial charge on any atom is -0.326 e. The van der Waals surface area contributed by atoms with E-state index in [1.807, 2.05) is 0 Å². The van der Waals surface area contributed by atoms with Crippen LogP contribution in [0.4, 0.5) is 5.69 Å². The van der Waals surface area contributed by atoms with Gasteiger partial charge in [0.1, 0.15) is 0 Å². The SMILES string of the molecule is CC(C)CC1CC1CC(C)CCCC(=O)Nc1ccc(Cl)c(Cl)c1. The first-order valence-electron chi connectivity index (χ1n) is 9.10. The molecule has 4 heteroatoms. The molecule has 2 nitrogen and oxygen atoms in total. The molecule has 0 radical (unpaired) electrons. The van der Waals surface area contributed by atoms with Gasteiger partial charge < -0.3 is 5.32 Å². The van der Waals surface area contributed by atoms with Crippen molar-refractivity contribution in [2.24, 2.45) is 23.7 Å². The highest BCUT2D eigenvalue weighted by Gasteiger charge is 2.37. The summed E-state index contributed by atoms with van der Waals surface area (Å²) in [6.07, 6.45) is 6.75. The van der Waals surface area contributed by atoms with E-state index in [0.717, 1.165) is 30.6 Å². The topological polar surface area (TPSA) is 29.1 Å². The van der Waals surface area contributed by atoms with Gasteiger partial charge in [-0.25, -0.2) is 0 Å². The summed E-state index contributed by atoms with van der Waals surface area (Å²) >= 11 is 11.8. The molecule has 1 aliphatic rings. The van der Waals surface area contributed by atoms with Gasteiger partial charge in [0, 0.05) is 12.1 Å². The maximum absolute atomic E-state index is 12.0. The fraction of sp³-hybridized carbons (Fsp3) is 0.650. The summed E-state index contributed by atoms with van der Waals surface area (Å²) in [5.41, 5.74) is 0.706. The van der Waals surface area contributed by atoms with Crippen LogP contribution in [0.1, 0.15) is 59.3 Å². The Morgan fingerprint density at radius 3 is 2.54 bits per heavy atom. The highest BCUT2D eigenvalue weighted by molar-refractivity contribution is 6.42. The van der Waals surface area contributed by atoms with E-state index in [4.69, 9.17) is 23.2 Å². The van der Waals surface area contributed by atoms with E-state index in [2.05, 4.69) is 26.1 Å². The number of hydrogen-bond acceptors (Lipinski definition) is 1. The second kappa shape index (κ2) is 9.10. The molecule has 1 amide bonds. The zero-order valence-corrected chi connectivity index (χ0v) is 16.5. The van der Waals surface area contributed by atoms with Gasteiger partial charge in [0.15, 0.2) is 0 Å². The number of halogens is 2. The molecule has 1 N–H and O–H groups in total. The highest BCUT2D eigenvalue weighted by atomic mass is 35.5. The Morgan fingerprint density at radius 2 is 1.88 bits per heavy atom. The first-order chi connectivity index (χ1) is 11.3. The predicted molar refractivity (Wildman–Crippen MR) is 104 cm³/mol. The second-order valence-corrected chi connectivity index (χ2v) is 8.61. The Morgan fingerprint density at radius 1 is 1.17 bits per heavy atom. The van der Waals surface area contributed by atoms with Gasteiger partial charge in [-0.05, 0) is 67.6 Å². The molecule has 1 aromatic rings. The van der Waals surface area contributed by atoms with Gasteiger partial charge in [-0.15, -0.1) is 0 Å². The fourth-order valence-electron chi connectivity index (χ4n) is 3.54. The molecule has 2 rings (SSSR count). The number of nitrogens with one attached hydrogen (secondary N) is 1. The molecule has 0 saturated heterocycles. The molecule has 0 spiro atoms. The maximum Gasteiger partial charge on any atom is 0.224 e. The quantitative estimate of drug-likeness (QED) is 0.508. The van der Waals surface area contributed by atoms with Crippen LogP contribution in [-0.2, 0) is 4.79 Å². The minimum atomic E-state index is 0.0460. The van der Waals surface area contributed by atoms with Gasteiger partial charge in [0.25, 0.3) is 0 Å². The first kappa shape index (κ1) is 19.6. The molecule has 0 aliphatic heterocycles. The lowest BCUT2D eigenvalue weighted by Crippen LogP contribution is -2.11. The van der Waals surface area contributed by atoms with Gasteiger partial charge in [-0.2, -0.15) is 0 Å². The van der Waals surface area contributed by atoms with E-state index in [1.54, 1.807) is 18.2 Å². The van der Waals surface area contributed by atoms with Crippen molar-refractivity contribution in [2.45, 2.75) is 59.3 Å². The van der Waals surface area contributed by atoms with Crippen LogP contribution in [0.15, 0.2) is 18.2 Å². The summed E-state index contributed by atoms with van der Waals surface area (Å²) in [4.78, 5) is 12.0. The van der Waals surface area contributed by atoms with E-state index in [1.165, 1.54) is 19.3 Å². The highest BCUT2D eigenvalue weighted by Crippen LogP contribution is 2.47. The molecule has 0 aromatic heterocycles. The van der Waals surface area contributed by atoms with Crippen molar-refractivity contribution in [2.75, 3.05) is 5.32 Å². The van der Waals surface area contributed by atoms with E-state index in [0.29, 0.717) is 28.1 Å². The van der Waals surface area contributed by atoms with Gasteiger partial charge in [0.05, 0.1) is 10.0 Å². The molecule has 1 saturated carbocycles. The lowest BCUT2D eigenvalue weighted by Gasteiger charge is -2.12. The van der Waals surface area contributed by atoms with Crippen LogP contribution < -0.4 is 5.32 Å². The number of amides is 1. The second-order valence-electron chi connectivity index (χ2n) is 7.80. The average molecular weight is 370 g/mol. The number of rotatable bonds is 9. The van der Waals surface area contributed by atoms with E-state index < -0.39 is 0 Å². The first-order valence-corrected chi connectivity index (χ1v) is 9.85. The van der Waals surface area contributed by atoms with E-state index in [-0.39, 0.29) is 5.91 Å². The van der Waals surface area contributed by atoms with Gasteiger partial charge >= 0.3 is 0 Å². The number of anilines is 1. The molecular weight excluding hydrogens is 341 g/mol. The summed E-state index contributed by atoms with van der Waals surface area (Å²) in [7, 11) is 0. The molecule has 1 fully saturated rings. The van der Waals surface area contributed by atoms with Crippen LogP contribution in [0, 0.1) is 23.7 Å². The van der Waals surface area contributed by atoms with Crippen molar-refractivity contribution >= 4 is 34.8 Å². The number of carbonyl (C=O) groups is 1. The van der Waals surface area contributed by atoms with Crippen molar-refractivity contribution in [1.29, 1.82) is 0 Å². The lowest BCUT2D eigenvalue weighted by atomic mass is 9.95. The number of carbonyl (C=O) groups excluding carboxylic acids is 1. The van der Waals surface area contributed by atoms with Crippen molar-refractivity contribution in [1.82, 2.24) is 0 Å². The zero-order chi connectivity index (χ0) is 17.7. The monoisotopic (exact) mass is 369 g/mol. The summed E-state index contributed by atoms with van der Waals surface area (Å²) in [6, 6.07) is 5.16. The smallest absolute Gasteiger partial charge is 0.224 e. The molecule has 134 valence electrons. The van der Waals surface area contributed by atoms with Crippen LogP contribution in [0.5, 0.6) is 0 Å². The number of hydrogen-bond donors (Lipinski definition) is 1. The molecule has 24 heavy (non-hydrogen) atoms. The molecular formula is C20H29Cl2NO. The summed E-state index contributed by atoms with van der Waals surface area (Å²) < 4.78 is 0. The van der Waals surface area contributed by atoms with E-state index in [9.17, 15) is 4.79 Å². The van der Waals surface area contributed by atoms with Crippen LogP contribution >= 0.6 is 23.2 Å². The Kier molecular flexibility index (Phi) is 7.43. The normalized spacial score (nSPS) is 20.9. The standard InChI is InChI=1S/C20H29Cl2NO/c1-13(2)9-15-11-16(15)10-14(3)5-4-6-20(24)23-17-7-8-18(21)19(22)12-17/h7-8,12-16H,4-6,9-11H2,1-3H3,(H,23,24). The molecule has 1 aromatic carbocycles. The summed E-state index contributed by atoms with van der Waals surface area (Å²) in [6.45, 7) is 6.94. The van der Waals surface area contributed by atoms with Gasteiger partial charge in [0.2, 0.25) is 5.91 Å². The largest absolute Gasteiger partial charge is 0.326 e. The van der Waals surface area contributed by atoms with Crippen molar-refractivity contribution < 1.29 is 4.79 Å². The third-order valence-electron chi connectivity index (χ3n) is 4.85. The van der Waals surface area contributed by atoms with Crippen molar-refractivity contribution in [3.05, 3.63) is 28.2 Å². The third kappa shape index (κ3) is 6.64. The van der Waals surface area contributed by atoms with Crippen molar-refractivity contribution in [3.8, 4) is 0 Å². The van der Waals surface area contributed by atoms with E-state index >= 15 is 0 Å². The molecule has 1 aliphatic carbocycles. The Balaban J connectivity index is 1.61. The third-order valence-corrected chi connectivity index (χ3v) is 5.59. The summed E-state index contributed by atoms with van der Waals surface area (Å²) in [5, 5.41) is 3.84. The van der Waals surface area contributed by atoms with Crippen LogP contribution in [0.25, 0.3) is 0 Å². The van der Waals surface area contributed by atoms with Crippen LogP contribution in [0.2, 0.25) is 10.0 Å². The molecule has 3 unspecified atom stereocenters. The molecule has 0 heterocycles. The zero-order valence-electron chi connectivity index (χ0n) is 14.9. The predicted octanol–water partition coefficient (Wildman–Crippen LogP) is 6.81. The van der Waals surface area contributed by atoms with Crippen LogP contribution in [-0.4, -0.2) is 5.91 Å². The fourth-order valence-corrected chi connectivity index (χ4v) is 3.83. The Bertz CT molecular complexity index is 559. The summed E-state index contributed by atoms with van der Waals surface area (Å²) in [5.74, 6) is 3.48. The Labute approximate surface area is 156 Å². The molecule has 3 atom stereocenters. The van der Waals surface area contributed by atoms with Gasteiger partial charge in [-0.1, -0.05) is 50.4 Å². The minimum absolute atomic E-state index is 0.0460. The van der Waals surface area contributed by atoms with Crippen LogP contribution in [0.3, 0.4) is 0 Å². The molecule has 0 bridgehead atoms. The van der Waals surface area contributed by atoms with Crippen molar-refractivity contribution in [3.63, 3.8) is 0 Å². The maximum atomic E-state index is 12.0. The lowest BCUT2D eigenvalue weighted by molar-refractivity contribution is -0.116. The Hall–Kier alpha value is -0.730. The van der Waals surface area contributed by atoms with Gasteiger partial charge in [-0.3, -0.25) is 4.79 Å². The number of benzene rings is 1. The average Bonchev–Trinajstić information content (AvgIpc) is 3.19.